The van der Waals surface area contributed by atoms with Gasteiger partial charge in [0.1, 0.15) is 10.8 Å². The molecule has 6 nitrogen and oxygen atoms in total. The maximum atomic E-state index is 12.9. The van der Waals surface area contributed by atoms with Crippen molar-refractivity contribution in [1.82, 2.24) is 14.8 Å². The molecule has 4 rings (SSSR count). The molecule has 1 atom stereocenters. The molecule has 1 fully saturated rings. The predicted octanol–water partition coefficient (Wildman–Crippen LogP) is 4.27. The third kappa shape index (κ3) is 5.35. The Bertz CT molecular complexity index is 1050. The van der Waals surface area contributed by atoms with E-state index in [1.54, 1.807) is 18.4 Å². The van der Waals surface area contributed by atoms with Crippen LogP contribution in [0.5, 0.6) is 5.75 Å². The quantitative estimate of drug-likeness (QED) is 0.583. The van der Waals surface area contributed by atoms with Crippen LogP contribution in [0.4, 0.5) is 5.69 Å². The molecule has 0 spiro atoms. The number of anilines is 1. The number of methoxy groups -OCH3 is 1. The first-order chi connectivity index (χ1) is 15.5. The van der Waals surface area contributed by atoms with Crippen molar-refractivity contribution in [2.24, 2.45) is 0 Å². The molecule has 1 amide bonds. The maximum absolute atomic E-state index is 12.9. The van der Waals surface area contributed by atoms with Gasteiger partial charge in [0, 0.05) is 43.7 Å². The molecular formula is C25H30N4O2S. The number of thiazole rings is 1. The van der Waals surface area contributed by atoms with Crippen molar-refractivity contribution < 1.29 is 9.53 Å². The number of nitrogens with zero attached hydrogens (tertiary/aromatic N) is 3. The minimum absolute atomic E-state index is 0.00523. The number of hydrogen-bond donors (Lipinski definition) is 1. The van der Waals surface area contributed by atoms with E-state index < -0.39 is 0 Å². The standard InChI is InChI=1S/C25H30N4O2S/c1-18-9-10-23(31-3)22(15-18)27-24(30)19(2)29-13-11-28(12-14-29)16-21-17-32-25(26-21)20-7-5-4-6-8-20/h4-10,15,17,19H,11-14,16H2,1-3H3,(H,27,30)/t19-/m1/s1. The Kier molecular flexibility index (Phi) is 7.19. The summed E-state index contributed by atoms with van der Waals surface area (Å²) in [6.07, 6.45) is 0. The summed E-state index contributed by atoms with van der Waals surface area (Å²) < 4.78 is 5.39. The molecule has 32 heavy (non-hydrogen) atoms. The third-order valence-corrected chi connectivity index (χ3v) is 6.85. The van der Waals surface area contributed by atoms with Crippen LogP contribution in [-0.4, -0.2) is 60.0 Å². The fourth-order valence-electron chi connectivity index (χ4n) is 3.95. The maximum Gasteiger partial charge on any atom is 0.241 e. The van der Waals surface area contributed by atoms with Crippen molar-refractivity contribution in [2.75, 3.05) is 38.6 Å². The molecule has 1 aromatic heterocycles. The van der Waals surface area contributed by atoms with E-state index in [0.29, 0.717) is 5.75 Å². The molecule has 1 aliphatic heterocycles. The molecule has 1 N–H and O–H groups in total. The van der Waals surface area contributed by atoms with E-state index in [0.717, 1.165) is 54.7 Å². The molecule has 0 radical (unpaired) electrons. The van der Waals surface area contributed by atoms with Gasteiger partial charge in [-0.1, -0.05) is 36.4 Å². The Labute approximate surface area is 193 Å². The van der Waals surface area contributed by atoms with E-state index in [1.807, 2.05) is 50.2 Å². The Morgan fingerprint density at radius 2 is 1.91 bits per heavy atom. The first-order valence-electron chi connectivity index (χ1n) is 10.9. The van der Waals surface area contributed by atoms with Gasteiger partial charge in [0.05, 0.1) is 24.5 Å². The summed E-state index contributed by atoms with van der Waals surface area (Å²) in [5, 5.41) is 6.26. The van der Waals surface area contributed by atoms with E-state index in [2.05, 4.69) is 32.6 Å². The third-order valence-electron chi connectivity index (χ3n) is 5.90. The SMILES string of the molecule is COc1ccc(C)cc1NC(=O)[C@@H](C)N1CCN(Cc2csc(-c3ccccc3)n2)CC1. The topological polar surface area (TPSA) is 57.7 Å². The van der Waals surface area contributed by atoms with E-state index in [4.69, 9.17) is 9.72 Å². The lowest BCUT2D eigenvalue weighted by Gasteiger charge is -2.37. The predicted molar refractivity (Wildman–Crippen MR) is 130 cm³/mol. The van der Waals surface area contributed by atoms with Crippen molar-refractivity contribution in [1.29, 1.82) is 0 Å². The Balaban J connectivity index is 1.29. The largest absolute Gasteiger partial charge is 0.495 e. The highest BCUT2D eigenvalue weighted by atomic mass is 32.1. The second-order valence-electron chi connectivity index (χ2n) is 8.19. The summed E-state index contributed by atoms with van der Waals surface area (Å²) >= 11 is 1.69. The molecule has 3 aromatic rings. The molecule has 1 saturated heterocycles. The van der Waals surface area contributed by atoms with E-state index in [1.165, 1.54) is 5.56 Å². The summed E-state index contributed by atoms with van der Waals surface area (Å²) in [5.74, 6) is 0.674. The van der Waals surface area contributed by atoms with Gasteiger partial charge >= 0.3 is 0 Å². The van der Waals surface area contributed by atoms with Crippen LogP contribution in [0.25, 0.3) is 10.6 Å². The highest BCUT2D eigenvalue weighted by Crippen LogP contribution is 2.26. The van der Waals surface area contributed by atoms with Crippen LogP contribution in [0, 0.1) is 6.92 Å². The first kappa shape index (κ1) is 22.5. The highest BCUT2D eigenvalue weighted by Gasteiger charge is 2.26. The second kappa shape index (κ2) is 10.3. The Hall–Kier alpha value is -2.74. The number of hydrogen-bond acceptors (Lipinski definition) is 6. The molecule has 2 aromatic carbocycles. The van der Waals surface area contributed by atoms with E-state index in [9.17, 15) is 4.79 Å². The number of carbonyl (C=O) groups is 1. The summed E-state index contributed by atoms with van der Waals surface area (Å²) in [5.41, 5.74) is 4.08. The zero-order valence-corrected chi connectivity index (χ0v) is 19.7. The van der Waals surface area contributed by atoms with Crippen molar-refractivity contribution in [3.63, 3.8) is 0 Å². The summed E-state index contributed by atoms with van der Waals surface area (Å²) in [6, 6.07) is 15.9. The van der Waals surface area contributed by atoms with Crippen molar-refractivity contribution in [2.45, 2.75) is 26.4 Å². The van der Waals surface area contributed by atoms with Crippen molar-refractivity contribution >= 4 is 22.9 Å². The summed E-state index contributed by atoms with van der Waals surface area (Å²) in [6.45, 7) is 8.37. The number of aromatic nitrogens is 1. The van der Waals surface area contributed by atoms with Gasteiger partial charge < -0.3 is 10.1 Å². The molecule has 0 saturated carbocycles. The number of amides is 1. The van der Waals surface area contributed by atoms with Gasteiger partial charge in [0.25, 0.3) is 0 Å². The number of carbonyl (C=O) groups excluding carboxylic acids is 1. The van der Waals surface area contributed by atoms with Gasteiger partial charge in [-0.05, 0) is 31.5 Å². The lowest BCUT2D eigenvalue weighted by molar-refractivity contribution is -0.121. The van der Waals surface area contributed by atoms with E-state index >= 15 is 0 Å². The molecular weight excluding hydrogens is 420 g/mol. The lowest BCUT2D eigenvalue weighted by Crippen LogP contribution is -2.52. The van der Waals surface area contributed by atoms with Gasteiger partial charge in [0.15, 0.2) is 0 Å². The van der Waals surface area contributed by atoms with Gasteiger partial charge in [-0.2, -0.15) is 0 Å². The average Bonchev–Trinajstić information content (AvgIpc) is 3.28. The fourth-order valence-corrected chi connectivity index (χ4v) is 4.77. The van der Waals surface area contributed by atoms with E-state index in [-0.39, 0.29) is 11.9 Å². The van der Waals surface area contributed by atoms with Gasteiger partial charge in [-0.15, -0.1) is 11.3 Å². The Morgan fingerprint density at radius 3 is 2.62 bits per heavy atom. The molecule has 2 heterocycles. The molecule has 7 heteroatoms. The number of aryl methyl sites for hydroxylation is 1. The number of nitrogens with one attached hydrogen (secondary N) is 1. The Morgan fingerprint density at radius 1 is 1.16 bits per heavy atom. The highest BCUT2D eigenvalue weighted by molar-refractivity contribution is 7.13. The van der Waals surface area contributed by atoms with Crippen molar-refractivity contribution in [3.05, 3.63) is 65.2 Å². The minimum atomic E-state index is -0.202. The van der Waals surface area contributed by atoms with Crippen molar-refractivity contribution in [3.8, 4) is 16.3 Å². The monoisotopic (exact) mass is 450 g/mol. The van der Waals surface area contributed by atoms with Crippen LogP contribution in [-0.2, 0) is 11.3 Å². The average molecular weight is 451 g/mol. The number of ether oxygens (including phenoxy) is 1. The second-order valence-corrected chi connectivity index (χ2v) is 9.05. The fraction of sp³-hybridized carbons (Fsp3) is 0.360. The normalized spacial score (nSPS) is 16.0. The van der Waals surface area contributed by atoms with Crippen LogP contribution >= 0.6 is 11.3 Å². The molecule has 1 aliphatic rings. The van der Waals surface area contributed by atoms with Crippen LogP contribution in [0.1, 0.15) is 18.2 Å². The van der Waals surface area contributed by atoms with Gasteiger partial charge in [-0.25, -0.2) is 4.98 Å². The zero-order valence-electron chi connectivity index (χ0n) is 18.9. The van der Waals surface area contributed by atoms with Gasteiger partial charge in [0.2, 0.25) is 5.91 Å². The van der Waals surface area contributed by atoms with Crippen LogP contribution in [0.2, 0.25) is 0 Å². The van der Waals surface area contributed by atoms with Crippen LogP contribution in [0.3, 0.4) is 0 Å². The first-order valence-corrected chi connectivity index (χ1v) is 11.8. The molecule has 0 aliphatic carbocycles. The summed E-state index contributed by atoms with van der Waals surface area (Å²) in [7, 11) is 1.62. The van der Waals surface area contributed by atoms with Crippen LogP contribution < -0.4 is 10.1 Å². The molecule has 0 unspecified atom stereocenters. The zero-order chi connectivity index (χ0) is 22.5. The number of rotatable bonds is 7. The minimum Gasteiger partial charge on any atom is -0.495 e. The van der Waals surface area contributed by atoms with Gasteiger partial charge in [-0.3, -0.25) is 14.6 Å². The molecule has 168 valence electrons. The lowest BCUT2D eigenvalue weighted by atomic mass is 10.1. The molecule has 0 bridgehead atoms. The number of benzene rings is 2. The smallest absolute Gasteiger partial charge is 0.241 e. The number of piperazine rings is 1. The van der Waals surface area contributed by atoms with Crippen LogP contribution in [0.15, 0.2) is 53.9 Å². The summed E-state index contributed by atoms with van der Waals surface area (Å²) in [4.78, 5) is 22.3.